The first-order chi connectivity index (χ1) is 9.57. The lowest BCUT2D eigenvalue weighted by molar-refractivity contribution is 0.250. The van der Waals surface area contributed by atoms with Crippen molar-refractivity contribution in [2.24, 2.45) is 17.3 Å². The van der Waals surface area contributed by atoms with Crippen LogP contribution in [0.2, 0.25) is 0 Å². The van der Waals surface area contributed by atoms with E-state index >= 15 is 0 Å². The molecule has 0 saturated heterocycles. The van der Waals surface area contributed by atoms with Crippen LogP contribution in [0.25, 0.3) is 4.96 Å². The number of imidazole rings is 1. The second-order valence-corrected chi connectivity index (χ2v) is 7.83. The van der Waals surface area contributed by atoms with Gasteiger partial charge in [0.2, 0.25) is 0 Å². The molecule has 1 N–H and O–H groups in total. The van der Waals surface area contributed by atoms with Crippen molar-refractivity contribution in [1.29, 1.82) is 0 Å². The Morgan fingerprint density at radius 1 is 1.50 bits per heavy atom. The smallest absolute Gasteiger partial charge is 0.193 e. The highest BCUT2D eigenvalue weighted by molar-refractivity contribution is 7.15. The van der Waals surface area contributed by atoms with E-state index in [-0.39, 0.29) is 0 Å². The Labute approximate surface area is 125 Å². The van der Waals surface area contributed by atoms with Crippen molar-refractivity contribution in [3.05, 3.63) is 23.5 Å². The van der Waals surface area contributed by atoms with Crippen LogP contribution in [0, 0.1) is 17.3 Å². The van der Waals surface area contributed by atoms with Crippen LogP contribution < -0.4 is 5.32 Å². The Morgan fingerprint density at radius 2 is 2.30 bits per heavy atom. The maximum Gasteiger partial charge on any atom is 0.193 e. The molecule has 0 amide bonds. The average Bonchev–Trinajstić information content (AvgIpc) is 3.03. The summed E-state index contributed by atoms with van der Waals surface area (Å²) in [4.78, 5) is 5.88. The van der Waals surface area contributed by atoms with Crippen LogP contribution in [0.15, 0.2) is 17.8 Å². The molecular weight excluding hydrogens is 266 g/mol. The predicted octanol–water partition coefficient (Wildman–Crippen LogP) is 3.60. The normalized spacial score (nSPS) is 18.8. The van der Waals surface area contributed by atoms with Crippen LogP contribution in [0.4, 0.5) is 0 Å². The molecule has 0 aliphatic heterocycles. The van der Waals surface area contributed by atoms with Gasteiger partial charge in [-0.15, -0.1) is 11.3 Å². The molecule has 20 heavy (non-hydrogen) atoms. The maximum absolute atomic E-state index is 4.76. The predicted molar refractivity (Wildman–Crippen MR) is 85.3 cm³/mol. The van der Waals surface area contributed by atoms with E-state index in [1.165, 1.54) is 18.5 Å². The first kappa shape index (κ1) is 14.1. The summed E-state index contributed by atoms with van der Waals surface area (Å²) in [5.74, 6) is 1.60. The van der Waals surface area contributed by atoms with E-state index in [0.29, 0.717) is 5.41 Å². The van der Waals surface area contributed by atoms with Gasteiger partial charge in [0.05, 0.1) is 5.69 Å². The Hall–Kier alpha value is -0.870. The average molecular weight is 291 g/mol. The van der Waals surface area contributed by atoms with E-state index in [1.54, 1.807) is 11.3 Å². The van der Waals surface area contributed by atoms with Crippen LogP contribution >= 0.6 is 11.3 Å². The highest BCUT2D eigenvalue weighted by atomic mass is 32.1. The molecule has 0 radical (unpaired) electrons. The number of nitrogens with one attached hydrogen (secondary N) is 1. The molecule has 2 aromatic heterocycles. The summed E-state index contributed by atoms with van der Waals surface area (Å²) in [6.07, 6.45) is 8.18. The van der Waals surface area contributed by atoms with Gasteiger partial charge < -0.3 is 5.32 Å². The number of nitrogens with zero attached hydrogens (tertiary/aromatic N) is 2. The SMILES string of the molecule is CC(C)CNCC(C)(Cc1cn2ccsc2n1)C1CC1. The van der Waals surface area contributed by atoms with Crippen LogP contribution in [0.1, 0.15) is 39.3 Å². The fourth-order valence-electron chi connectivity index (χ4n) is 3.05. The molecule has 3 rings (SSSR count). The summed E-state index contributed by atoms with van der Waals surface area (Å²) in [7, 11) is 0. The largest absolute Gasteiger partial charge is 0.316 e. The van der Waals surface area contributed by atoms with E-state index in [9.17, 15) is 0 Å². The molecule has 1 atom stereocenters. The molecule has 3 nitrogen and oxygen atoms in total. The molecule has 1 aliphatic rings. The summed E-state index contributed by atoms with van der Waals surface area (Å²) in [6.45, 7) is 9.20. The van der Waals surface area contributed by atoms with E-state index in [4.69, 9.17) is 4.98 Å². The third-order valence-corrected chi connectivity index (χ3v) is 5.14. The topological polar surface area (TPSA) is 29.3 Å². The summed E-state index contributed by atoms with van der Waals surface area (Å²) in [6, 6.07) is 0. The molecule has 110 valence electrons. The third kappa shape index (κ3) is 3.07. The molecule has 1 fully saturated rings. The highest BCUT2D eigenvalue weighted by Gasteiger charge is 2.41. The van der Waals surface area contributed by atoms with Gasteiger partial charge in [-0.25, -0.2) is 4.98 Å². The standard InChI is InChI=1S/C16H25N3S/c1-12(2)9-17-11-16(3,13-4-5-13)8-14-10-19-6-7-20-15(19)18-14/h6-7,10,12-13,17H,4-5,8-9,11H2,1-3H3. The molecule has 1 saturated carbocycles. The molecule has 0 aromatic carbocycles. The fraction of sp³-hybridized carbons (Fsp3) is 0.688. The zero-order chi connectivity index (χ0) is 14.2. The number of hydrogen-bond acceptors (Lipinski definition) is 3. The lowest BCUT2D eigenvalue weighted by Crippen LogP contribution is -2.37. The quantitative estimate of drug-likeness (QED) is 0.844. The zero-order valence-electron chi connectivity index (χ0n) is 12.7. The fourth-order valence-corrected chi connectivity index (χ4v) is 3.77. The number of fused-ring (bicyclic) bond motifs is 1. The maximum atomic E-state index is 4.76. The van der Waals surface area contributed by atoms with E-state index in [0.717, 1.165) is 36.3 Å². The molecule has 4 heteroatoms. The van der Waals surface area contributed by atoms with Crippen molar-refractivity contribution in [2.45, 2.75) is 40.0 Å². The van der Waals surface area contributed by atoms with Gasteiger partial charge in [0.1, 0.15) is 0 Å². The Morgan fingerprint density at radius 3 is 2.95 bits per heavy atom. The van der Waals surface area contributed by atoms with Gasteiger partial charge in [0.25, 0.3) is 0 Å². The van der Waals surface area contributed by atoms with Gasteiger partial charge in [0, 0.05) is 24.3 Å². The van der Waals surface area contributed by atoms with E-state index in [2.05, 4.69) is 48.3 Å². The van der Waals surface area contributed by atoms with Crippen molar-refractivity contribution in [1.82, 2.24) is 14.7 Å². The zero-order valence-corrected chi connectivity index (χ0v) is 13.5. The van der Waals surface area contributed by atoms with Gasteiger partial charge in [-0.2, -0.15) is 0 Å². The summed E-state index contributed by atoms with van der Waals surface area (Å²) < 4.78 is 2.15. The van der Waals surface area contributed by atoms with Crippen LogP contribution in [0.3, 0.4) is 0 Å². The molecule has 2 heterocycles. The third-order valence-electron chi connectivity index (χ3n) is 4.37. The summed E-state index contributed by atoms with van der Waals surface area (Å²) in [5, 5.41) is 5.76. The summed E-state index contributed by atoms with van der Waals surface area (Å²) >= 11 is 1.72. The molecule has 0 bridgehead atoms. The van der Waals surface area contributed by atoms with Crippen molar-refractivity contribution in [3.63, 3.8) is 0 Å². The second kappa shape index (κ2) is 5.49. The van der Waals surface area contributed by atoms with Gasteiger partial charge in [-0.3, -0.25) is 4.40 Å². The Bertz CT molecular complexity index is 539. The lowest BCUT2D eigenvalue weighted by atomic mass is 9.80. The molecule has 1 aliphatic carbocycles. The van der Waals surface area contributed by atoms with Crippen LogP contribution in [-0.4, -0.2) is 22.5 Å². The monoisotopic (exact) mass is 291 g/mol. The molecule has 0 spiro atoms. The Balaban J connectivity index is 1.68. The van der Waals surface area contributed by atoms with Crippen molar-refractivity contribution < 1.29 is 0 Å². The number of thiazole rings is 1. The Kier molecular flexibility index (Phi) is 3.87. The lowest BCUT2D eigenvalue weighted by Gasteiger charge is -2.30. The number of rotatable bonds is 7. The first-order valence-corrected chi connectivity index (χ1v) is 8.56. The summed E-state index contributed by atoms with van der Waals surface area (Å²) in [5.41, 5.74) is 1.61. The van der Waals surface area contributed by atoms with Gasteiger partial charge in [-0.1, -0.05) is 20.8 Å². The van der Waals surface area contributed by atoms with Crippen molar-refractivity contribution >= 4 is 16.3 Å². The molecular formula is C16H25N3S. The van der Waals surface area contributed by atoms with Crippen molar-refractivity contribution in [3.8, 4) is 0 Å². The van der Waals surface area contributed by atoms with Gasteiger partial charge in [-0.05, 0) is 43.1 Å². The molecule has 2 aromatic rings. The van der Waals surface area contributed by atoms with Crippen LogP contribution in [0.5, 0.6) is 0 Å². The van der Waals surface area contributed by atoms with Gasteiger partial charge in [0.15, 0.2) is 4.96 Å². The van der Waals surface area contributed by atoms with E-state index < -0.39 is 0 Å². The number of aromatic nitrogens is 2. The van der Waals surface area contributed by atoms with E-state index in [1.807, 2.05) is 0 Å². The number of hydrogen-bond donors (Lipinski definition) is 1. The minimum atomic E-state index is 0.360. The van der Waals surface area contributed by atoms with Gasteiger partial charge >= 0.3 is 0 Å². The minimum Gasteiger partial charge on any atom is -0.316 e. The van der Waals surface area contributed by atoms with Crippen LogP contribution in [-0.2, 0) is 6.42 Å². The first-order valence-electron chi connectivity index (χ1n) is 7.68. The highest BCUT2D eigenvalue weighted by Crippen LogP contribution is 2.47. The van der Waals surface area contributed by atoms with Crippen molar-refractivity contribution in [2.75, 3.05) is 13.1 Å². The minimum absolute atomic E-state index is 0.360. The second-order valence-electron chi connectivity index (χ2n) is 6.95. The molecule has 1 unspecified atom stereocenters.